The van der Waals surface area contributed by atoms with Crippen LogP contribution < -0.4 is 5.32 Å². The summed E-state index contributed by atoms with van der Waals surface area (Å²) in [5, 5.41) is 12.1. The molecule has 2 fully saturated rings. The largest absolute Gasteiger partial charge is 0.480 e. The zero-order chi connectivity index (χ0) is 14.8. The maximum absolute atomic E-state index is 12.7. The lowest BCUT2D eigenvalue weighted by Crippen LogP contribution is -2.52. The fourth-order valence-electron chi connectivity index (χ4n) is 2.72. The molecule has 7 heteroatoms. The van der Waals surface area contributed by atoms with Gasteiger partial charge in [-0.25, -0.2) is 14.4 Å². The number of nitrogens with zero attached hydrogens (tertiary/aromatic N) is 3. The smallest absolute Gasteiger partial charge is 0.317 e. The Kier molecular flexibility index (Phi) is 4.01. The van der Waals surface area contributed by atoms with E-state index in [9.17, 15) is 9.18 Å². The molecule has 0 aliphatic heterocycles. The van der Waals surface area contributed by atoms with Crippen molar-refractivity contribution in [1.82, 2.24) is 14.9 Å². The molecule has 3 rings (SSSR count). The van der Waals surface area contributed by atoms with Crippen molar-refractivity contribution in [2.45, 2.75) is 37.8 Å². The minimum atomic E-state index is -0.770. The molecule has 0 atom stereocenters. The van der Waals surface area contributed by atoms with Crippen molar-refractivity contribution in [3.63, 3.8) is 0 Å². The molecule has 0 amide bonds. The molecule has 1 aromatic heterocycles. The third-order valence-electron chi connectivity index (χ3n) is 4.11. The zero-order valence-electron chi connectivity index (χ0n) is 11.7. The molecule has 2 aliphatic rings. The normalized spacial score (nSPS) is 24.7. The van der Waals surface area contributed by atoms with Crippen molar-refractivity contribution in [1.29, 1.82) is 0 Å². The van der Waals surface area contributed by atoms with Gasteiger partial charge in [0.2, 0.25) is 5.95 Å². The summed E-state index contributed by atoms with van der Waals surface area (Å²) < 4.78 is 12.7. The molecule has 21 heavy (non-hydrogen) atoms. The molecule has 2 N–H and O–H groups in total. The molecule has 2 saturated carbocycles. The Morgan fingerprint density at radius 1 is 1.38 bits per heavy atom. The minimum absolute atomic E-state index is 0.112. The number of aliphatic carboxylic acids is 1. The summed E-state index contributed by atoms with van der Waals surface area (Å²) in [5.74, 6) is -0.123. The quantitative estimate of drug-likeness (QED) is 0.790. The van der Waals surface area contributed by atoms with Gasteiger partial charge in [0.05, 0.1) is 18.9 Å². The highest BCUT2D eigenvalue weighted by molar-refractivity contribution is 5.69. The van der Waals surface area contributed by atoms with E-state index in [2.05, 4.69) is 20.2 Å². The van der Waals surface area contributed by atoms with E-state index in [4.69, 9.17) is 5.11 Å². The molecule has 0 radical (unpaired) electrons. The van der Waals surface area contributed by atoms with Gasteiger partial charge in [0, 0.05) is 18.6 Å². The van der Waals surface area contributed by atoms with Crippen LogP contribution in [0.25, 0.3) is 0 Å². The van der Waals surface area contributed by atoms with Crippen LogP contribution in [-0.2, 0) is 4.79 Å². The van der Waals surface area contributed by atoms with Gasteiger partial charge in [0.15, 0.2) is 5.82 Å². The first-order valence-corrected chi connectivity index (χ1v) is 7.30. The topological polar surface area (TPSA) is 78.4 Å². The molecule has 1 aromatic rings. The van der Waals surface area contributed by atoms with Crippen LogP contribution in [0.3, 0.4) is 0 Å². The summed E-state index contributed by atoms with van der Waals surface area (Å²) in [6.45, 7) is 0.998. The molecule has 0 bridgehead atoms. The summed E-state index contributed by atoms with van der Waals surface area (Å²) in [6.07, 6.45) is 6.45. The summed E-state index contributed by atoms with van der Waals surface area (Å²) >= 11 is 0. The number of hydrogen-bond donors (Lipinski definition) is 2. The van der Waals surface area contributed by atoms with Crippen molar-refractivity contribution in [3.8, 4) is 0 Å². The molecular formula is C14H19FN4O2. The van der Waals surface area contributed by atoms with Crippen LogP contribution in [0.2, 0.25) is 0 Å². The number of halogens is 1. The van der Waals surface area contributed by atoms with Crippen LogP contribution in [0.5, 0.6) is 0 Å². The molecule has 0 unspecified atom stereocenters. The lowest BCUT2D eigenvalue weighted by Gasteiger charge is -2.42. The first-order chi connectivity index (χ1) is 10.1. The minimum Gasteiger partial charge on any atom is -0.480 e. The predicted molar refractivity (Wildman–Crippen MR) is 74.4 cm³/mol. The molecule has 0 spiro atoms. The lowest BCUT2D eigenvalue weighted by atomic mass is 9.85. The van der Waals surface area contributed by atoms with E-state index in [-0.39, 0.29) is 12.6 Å². The Morgan fingerprint density at radius 3 is 2.62 bits per heavy atom. The van der Waals surface area contributed by atoms with Crippen molar-refractivity contribution in [2.75, 3.05) is 18.4 Å². The Balaban J connectivity index is 1.48. The standard InChI is InChI=1S/C14H19FN4O2/c15-10-5-16-14(17-6-10)18-11-3-12(4-11)19(8-13(20)21)7-9-1-2-9/h5-6,9,11-12H,1-4,7-8H2,(H,20,21)(H,16,17,18). The second-order valence-electron chi connectivity index (χ2n) is 5.96. The van der Waals surface area contributed by atoms with Gasteiger partial charge in [-0.3, -0.25) is 9.69 Å². The van der Waals surface area contributed by atoms with Gasteiger partial charge in [-0.2, -0.15) is 0 Å². The first-order valence-electron chi connectivity index (χ1n) is 7.30. The van der Waals surface area contributed by atoms with Crippen molar-refractivity contribution < 1.29 is 14.3 Å². The highest BCUT2D eigenvalue weighted by Gasteiger charge is 2.37. The SMILES string of the molecule is O=C(O)CN(CC1CC1)C1CC(Nc2ncc(F)cn2)C1. The average Bonchev–Trinajstić information content (AvgIpc) is 3.18. The Labute approximate surface area is 122 Å². The van der Waals surface area contributed by atoms with Crippen molar-refractivity contribution in [2.24, 2.45) is 5.92 Å². The molecule has 0 aromatic carbocycles. The van der Waals surface area contributed by atoms with Crippen LogP contribution in [0.4, 0.5) is 10.3 Å². The van der Waals surface area contributed by atoms with E-state index >= 15 is 0 Å². The third kappa shape index (κ3) is 3.87. The number of carboxylic acid groups (broad SMARTS) is 1. The number of rotatable bonds is 7. The average molecular weight is 294 g/mol. The van der Waals surface area contributed by atoms with Crippen LogP contribution in [0.15, 0.2) is 12.4 Å². The fraction of sp³-hybridized carbons (Fsp3) is 0.643. The maximum atomic E-state index is 12.7. The van der Waals surface area contributed by atoms with Gasteiger partial charge in [-0.15, -0.1) is 0 Å². The lowest BCUT2D eigenvalue weighted by molar-refractivity contribution is -0.139. The van der Waals surface area contributed by atoms with E-state index in [1.165, 1.54) is 12.8 Å². The zero-order valence-corrected chi connectivity index (χ0v) is 11.7. The number of hydrogen-bond acceptors (Lipinski definition) is 5. The Hall–Kier alpha value is -1.76. The third-order valence-corrected chi connectivity index (χ3v) is 4.11. The second kappa shape index (κ2) is 5.93. The summed E-state index contributed by atoms with van der Waals surface area (Å²) in [6, 6.07) is 0.538. The predicted octanol–water partition coefficient (Wildman–Crippen LogP) is 1.36. The van der Waals surface area contributed by atoms with E-state index in [0.717, 1.165) is 31.8 Å². The molecular weight excluding hydrogens is 275 g/mol. The molecule has 0 saturated heterocycles. The number of anilines is 1. The van der Waals surface area contributed by atoms with Gasteiger partial charge in [-0.05, 0) is 31.6 Å². The van der Waals surface area contributed by atoms with Gasteiger partial charge >= 0.3 is 5.97 Å². The van der Waals surface area contributed by atoms with Crippen LogP contribution >= 0.6 is 0 Å². The van der Waals surface area contributed by atoms with Crippen LogP contribution in [-0.4, -0.2) is 51.1 Å². The number of aromatic nitrogens is 2. The van der Waals surface area contributed by atoms with Gasteiger partial charge in [0.1, 0.15) is 0 Å². The molecule has 2 aliphatic carbocycles. The number of carbonyl (C=O) groups is 1. The summed E-state index contributed by atoms with van der Waals surface area (Å²) in [5.41, 5.74) is 0. The van der Waals surface area contributed by atoms with E-state index in [1.54, 1.807) is 0 Å². The second-order valence-corrected chi connectivity index (χ2v) is 5.96. The summed E-state index contributed by atoms with van der Waals surface area (Å²) in [7, 11) is 0. The van der Waals surface area contributed by atoms with Crippen LogP contribution in [0, 0.1) is 11.7 Å². The monoisotopic (exact) mass is 294 g/mol. The van der Waals surface area contributed by atoms with Crippen molar-refractivity contribution in [3.05, 3.63) is 18.2 Å². The highest BCUT2D eigenvalue weighted by atomic mass is 19.1. The Morgan fingerprint density at radius 2 is 2.05 bits per heavy atom. The van der Waals surface area contributed by atoms with E-state index in [1.807, 2.05) is 0 Å². The number of nitrogens with one attached hydrogen (secondary N) is 1. The fourth-order valence-corrected chi connectivity index (χ4v) is 2.72. The van der Waals surface area contributed by atoms with Crippen LogP contribution in [0.1, 0.15) is 25.7 Å². The maximum Gasteiger partial charge on any atom is 0.317 e. The van der Waals surface area contributed by atoms with Gasteiger partial charge in [-0.1, -0.05) is 0 Å². The number of carboxylic acids is 1. The van der Waals surface area contributed by atoms with Gasteiger partial charge in [0.25, 0.3) is 0 Å². The Bertz CT molecular complexity index is 500. The van der Waals surface area contributed by atoms with E-state index < -0.39 is 11.8 Å². The summed E-state index contributed by atoms with van der Waals surface area (Å²) in [4.78, 5) is 20.8. The highest BCUT2D eigenvalue weighted by Crippen LogP contribution is 2.34. The first kappa shape index (κ1) is 14.2. The van der Waals surface area contributed by atoms with Gasteiger partial charge < -0.3 is 10.4 Å². The van der Waals surface area contributed by atoms with E-state index in [0.29, 0.717) is 17.9 Å². The molecule has 1 heterocycles. The molecule has 6 nitrogen and oxygen atoms in total. The van der Waals surface area contributed by atoms with Crippen molar-refractivity contribution >= 4 is 11.9 Å². The molecule has 114 valence electrons.